The highest BCUT2D eigenvalue weighted by Crippen LogP contribution is 2.20. The van der Waals surface area contributed by atoms with E-state index < -0.39 is 0 Å². The summed E-state index contributed by atoms with van der Waals surface area (Å²) in [5, 5.41) is 5.77. The molecular formula is C18H19N3O2. The Balaban J connectivity index is 1.76. The zero-order valence-electron chi connectivity index (χ0n) is 13.2. The van der Waals surface area contributed by atoms with Crippen molar-refractivity contribution in [3.8, 4) is 0 Å². The molecule has 3 rings (SSSR count). The molecule has 2 N–H and O–H groups in total. The predicted octanol–water partition coefficient (Wildman–Crippen LogP) is 2.84. The van der Waals surface area contributed by atoms with Crippen molar-refractivity contribution in [2.45, 2.75) is 32.7 Å². The number of rotatable bonds is 4. The Morgan fingerprint density at radius 2 is 1.74 bits per heavy atom. The first-order chi connectivity index (χ1) is 11.0. The Labute approximate surface area is 135 Å². The van der Waals surface area contributed by atoms with Crippen LogP contribution < -0.4 is 10.6 Å². The molecular weight excluding hydrogens is 290 g/mol. The van der Waals surface area contributed by atoms with Gasteiger partial charge in [-0.25, -0.2) is 0 Å². The van der Waals surface area contributed by atoms with Crippen molar-refractivity contribution in [3.05, 3.63) is 58.9 Å². The number of aryl methyl sites for hydroxylation is 2. The highest BCUT2D eigenvalue weighted by atomic mass is 16.2. The zero-order valence-corrected chi connectivity index (χ0v) is 13.2. The van der Waals surface area contributed by atoms with Gasteiger partial charge in [-0.2, -0.15) is 0 Å². The Morgan fingerprint density at radius 3 is 2.43 bits per heavy atom. The number of hydrogen-bond acceptors (Lipinski definition) is 3. The highest BCUT2D eigenvalue weighted by Gasteiger charge is 2.24. The number of nitrogens with one attached hydrogen (secondary N) is 2. The predicted molar refractivity (Wildman–Crippen MR) is 88.6 cm³/mol. The maximum absolute atomic E-state index is 12.4. The molecule has 0 unspecified atom stereocenters. The number of nitrogens with zero attached hydrogens (tertiary/aromatic N) is 1. The van der Waals surface area contributed by atoms with E-state index in [-0.39, 0.29) is 17.9 Å². The fourth-order valence-electron chi connectivity index (χ4n) is 2.25. The summed E-state index contributed by atoms with van der Waals surface area (Å²) in [6.07, 6.45) is 4.98. The molecule has 0 radical (unpaired) electrons. The van der Waals surface area contributed by atoms with E-state index in [1.165, 1.54) is 12.4 Å². The van der Waals surface area contributed by atoms with E-state index in [0.717, 1.165) is 29.7 Å². The normalized spacial score (nSPS) is 13.5. The van der Waals surface area contributed by atoms with Crippen molar-refractivity contribution in [3.63, 3.8) is 0 Å². The van der Waals surface area contributed by atoms with Gasteiger partial charge in [0, 0.05) is 24.1 Å². The van der Waals surface area contributed by atoms with Gasteiger partial charge in [0.2, 0.25) is 0 Å². The van der Waals surface area contributed by atoms with E-state index in [0.29, 0.717) is 11.1 Å². The molecule has 0 spiro atoms. The highest BCUT2D eigenvalue weighted by molar-refractivity contribution is 6.06. The minimum Gasteiger partial charge on any atom is -0.349 e. The Hall–Kier alpha value is -2.69. The molecule has 1 aliphatic rings. The van der Waals surface area contributed by atoms with Crippen molar-refractivity contribution in [2.24, 2.45) is 0 Å². The number of pyridine rings is 1. The van der Waals surface area contributed by atoms with Crippen molar-refractivity contribution >= 4 is 17.5 Å². The van der Waals surface area contributed by atoms with Crippen LogP contribution in [0, 0.1) is 13.8 Å². The first-order valence-corrected chi connectivity index (χ1v) is 7.67. The summed E-state index contributed by atoms with van der Waals surface area (Å²) in [6, 6.07) is 7.73. The number of amides is 2. The molecule has 0 bridgehead atoms. The number of aromatic nitrogens is 1. The lowest BCUT2D eigenvalue weighted by Crippen LogP contribution is -2.26. The second-order valence-electron chi connectivity index (χ2n) is 5.98. The number of carbonyl (C=O) groups excluding carboxylic acids is 2. The second kappa shape index (κ2) is 6.20. The molecule has 2 amide bonds. The smallest absolute Gasteiger partial charge is 0.257 e. The topological polar surface area (TPSA) is 71.1 Å². The van der Waals surface area contributed by atoms with Gasteiger partial charge in [-0.1, -0.05) is 12.1 Å². The Kier molecular flexibility index (Phi) is 4.10. The summed E-state index contributed by atoms with van der Waals surface area (Å²) in [6.45, 7) is 3.91. The van der Waals surface area contributed by atoms with Gasteiger partial charge in [0.05, 0.1) is 11.1 Å². The summed E-state index contributed by atoms with van der Waals surface area (Å²) in [5.74, 6) is -0.450. The van der Waals surface area contributed by atoms with Gasteiger partial charge in [0.1, 0.15) is 0 Å². The molecule has 5 heteroatoms. The van der Waals surface area contributed by atoms with Crippen LogP contribution in [0.15, 0.2) is 36.7 Å². The standard InChI is InChI=1S/C18H19N3O2/c1-11-3-4-12(2)16(7-11)21-18(23)14-8-13(9-19-10-14)17(22)20-15-5-6-15/h3-4,7-10,15H,5-6H2,1-2H3,(H,20,22)(H,21,23). The van der Waals surface area contributed by atoms with Gasteiger partial charge in [-0.15, -0.1) is 0 Å². The maximum atomic E-state index is 12.4. The van der Waals surface area contributed by atoms with Gasteiger partial charge in [-0.3, -0.25) is 14.6 Å². The van der Waals surface area contributed by atoms with Crippen LogP contribution in [-0.2, 0) is 0 Å². The van der Waals surface area contributed by atoms with Crippen LogP contribution >= 0.6 is 0 Å². The third kappa shape index (κ3) is 3.74. The number of carbonyl (C=O) groups is 2. The molecule has 1 aliphatic carbocycles. The Bertz CT molecular complexity index is 767. The maximum Gasteiger partial charge on any atom is 0.257 e. The molecule has 23 heavy (non-hydrogen) atoms. The van der Waals surface area contributed by atoms with Crippen LogP contribution in [0.4, 0.5) is 5.69 Å². The lowest BCUT2D eigenvalue weighted by atomic mass is 10.1. The summed E-state index contributed by atoms with van der Waals surface area (Å²) in [4.78, 5) is 28.5. The van der Waals surface area contributed by atoms with Crippen LogP contribution in [0.25, 0.3) is 0 Å². The molecule has 118 valence electrons. The third-order valence-electron chi connectivity index (χ3n) is 3.82. The molecule has 2 aromatic rings. The number of hydrogen-bond donors (Lipinski definition) is 2. The Morgan fingerprint density at radius 1 is 1.04 bits per heavy atom. The van der Waals surface area contributed by atoms with Crippen LogP contribution in [0.3, 0.4) is 0 Å². The molecule has 0 aliphatic heterocycles. The summed E-state index contributed by atoms with van der Waals surface area (Å²) in [5.41, 5.74) is 3.60. The van der Waals surface area contributed by atoms with E-state index in [9.17, 15) is 9.59 Å². The second-order valence-corrected chi connectivity index (χ2v) is 5.98. The summed E-state index contributed by atoms with van der Waals surface area (Å²) in [7, 11) is 0. The van der Waals surface area contributed by atoms with Gasteiger partial charge in [-0.05, 0) is 49.9 Å². The number of anilines is 1. The SMILES string of the molecule is Cc1ccc(C)c(NC(=O)c2cncc(C(=O)NC3CC3)c2)c1. The average molecular weight is 309 g/mol. The molecule has 1 fully saturated rings. The molecule has 0 atom stereocenters. The van der Waals surface area contributed by atoms with E-state index in [1.807, 2.05) is 32.0 Å². The molecule has 1 aromatic carbocycles. The minimum absolute atomic E-state index is 0.179. The van der Waals surface area contributed by atoms with Gasteiger partial charge in [0.15, 0.2) is 0 Å². The first-order valence-electron chi connectivity index (χ1n) is 7.67. The van der Waals surface area contributed by atoms with E-state index >= 15 is 0 Å². The number of benzene rings is 1. The molecule has 1 saturated carbocycles. The molecule has 0 saturated heterocycles. The van der Waals surface area contributed by atoms with Crippen molar-refractivity contribution < 1.29 is 9.59 Å². The van der Waals surface area contributed by atoms with E-state index in [1.54, 1.807) is 6.07 Å². The van der Waals surface area contributed by atoms with E-state index in [4.69, 9.17) is 0 Å². The summed E-state index contributed by atoms with van der Waals surface area (Å²) >= 11 is 0. The fraction of sp³-hybridized carbons (Fsp3) is 0.278. The van der Waals surface area contributed by atoms with Crippen LogP contribution in [-0.4, -0.2) is 22.8 Å². The lowest BCUT2D eigenvalue weighted by molar-refractivity contribution is 0.0950. The quantitative estimate of drug-likeness (QED) is 0.912. The van der Waals surface area contributed by atoms with Crippen LogP contribution in [0.5, 0.6) is 0 Å². The van der Waals surface area contributed by atoms with Gasteiger partial charge in [0.25, 0.3) is 11.8 Å². The van der Waals surface area contributed by atoms with Crippen molar-refractivity contribution in [1.29, 1.82) is 0 Å². The van der Waals surface area contributed by atoms with Crippen LogP contribution in [0.1, 0.15) is 44.7 Å². The molecule has 1 heterocycles. The summed E-state index contributed by atoms with van der Waals surface area (Å²) < 4.78 is 0. The average Bonchev–Trinajstić information content (AvgIpc) is 3.35. The fourth-order valence-corrected chi connectivity index (χ4v) is 2.25. The zero-order chi connectivity index (χ0) is 16.4. The largest absolute Gasteiger partial charge is 0.349 e. The van der Waals surface area contributed by atoms with Gasteiger partial charge < -0.3 is 10.6 Å². The third-order valence-corrected chi connectivity index (χ3v) is 3.82. The van der Waals surface area contributed by atoms with Crippen LogP contribution in [0.2, 0.25) is 0 Å². The lowest BCUT2D eigenvalue weighted by Gasteiger charge is -2.10. The van der Waals surface area contributed by atoms with Gasteiger partial charge >= 0.3 is 0 Å². The van der Waals surface area contributed by atoms with E-state index in [2.05, 4.69) is 15.6 Å². The minimum atomic E-state index is -0.271. The molecule has 1 aromatic heterocycles. The van der Waals surface area contributed by atoms with Crippen molar-refractivity contribution in [2.75, 3.05) is 5.32 Å². The molecule has 5 nitrogen and oxygen atoms in total. The monoisotopic (exact) mass is 309 g/mol. The first kappa shape index (κ1) is 15.2. The van der Waals surface area contributed by atoms with Crippen molar-refractivity contribution in [1.82, 2.24) is 10.3 Å².